The first-order chi connectivity index (χ1) is 12.7. The summed E-state index contributed by atoms with van der Waals surface area (Å²) in [4.78, 5) is 28.7. The molecule has 2 aliphatic rings. The molecule has 1 aliphatic heterocycles. The molecule has 1 atom stereocenters. The van der Waals surface area contributed by atoms with Gasteiger partial charge in [0, 0.05) is 19.1 Å². The van der Waals surface area contributed by atoms with Crippen LogP contribution < -0.4 is 10.2 Å². The van der Waals surface area contributed by atoms with Crippen LogP contribution in [0.4, 0.5) is 5.69 Å². The van der Waals surface area contributed by atoms with E-state index in [-0.39, 0.29) is 11.8 Å². The standard InChI is InChI=1S/C20H27N5O/c1-3-16-17(4-2)24-19-18(23-16)10-15(11-21-19)25-9-5-6-13(12-25)20(26)22-14-7-8-14/h10-11,13-14H,3-9,12H2,1-2H3,(H,22,26)/t13-/m1/s1. The number of nitrogens with one attached hydrogen (secondary N) is 1. The molecule has 0 unspecified atom stereocenters. The largest absolute Gasteiger partial charge is 0.369 e. The van der Waals surface area contributed by atoms with Gasteiger partial charge >= 0.3 is 0 Å². The van der Waals surface area contributed by atoms with E-state index in [0.717, 1.165) is 74.2 Å². The quantitative estimate of drug-likeness (QED) is 0.895. The van der Waals surface area contributed by atoms with E-state index in [2.05, 4.69) is 40.1 Å². The predicted molar refractivity (Wildman–Crippen MR) is 102 cm³/mol. The summed E-state index contributed by atoms with van der Waals surface area (Å²) in [6.45, 7) is 5.93. The van der Waals surface area contributed by atoms with E-state index < -0.39 is 0 Å². The van der Waals surface area contributed by atoms with Crippen molar-refractivity contribution in [1.82, 2.24) is 20.3 Å². The molecule has 0 radical (unpaired) electrons. The van der Waals surface area contributed by atoms with Gasteiger partial charge in [0.05, 0.1) is 29.2 Å². The zero-order valence-electron chi connectivity index (χ0n) is 15.7. The number of hydrogen-bond donors (Lipinski definition) is 1. The van der Waals surface area contributed by atoms with Gasteiger partial charge in [0.2, 0.25) is 5.91 Å². The SMILES string of the molecule is CCc1nc2cc(N3CCC[C@@H](C(=O)NC4CC4)C3)cnc2nc1CC. The van der Waals surface area contributed by atoms with Gasteiger partial charge in [-0.1, -0.05) is 13.8 Å². The molecule has 6 heteroatoms. The van der Waals surface area contributed by atoms with Crippen molar-refractivity contribution in [3.63, 3.8) is 0 Å². The summed E-state index contributed by atoms with van der Waals surface area (Å²) in [5.74, 6) is 0.284. The van der Waals surface area contributed by atoms with Crippen LogP contribution in [0.3, 0.4) is 0 Å². The minimum atomic E-state index is 0.0693. The summed E-state index contributed by atoms with van der Waals surface area (Å²) in [5, 5.41) is 3.15. The highest BCUT2D eigenvalue weighted by Crippen LogP contribution is 2.26. The van der Waals surface area contributed by atoms with Gasteiger partial charge in [0.25, 0.3) is 0 Å². The number of carbonyl (C=O) groups is 1. The van der Waals surface area contributed by atoms with E-state index in [9.17, 15) is 4.79 Å². The average Bonchev–Trinajstić information content (AvgIpc) is 3.50. The molecule has 138 valence electrons. The Balaban J connectivity index is 1.56. The van der Waals surface area contributed by atoms with Gasteiger partial charge in [-0.2, -0.15) is 0 Å². The van der Waals surface area contributed by atoms with E-state index >= 15 is 0 Å². The number of piperidine rings is 1. The fourth-order valence-corrected chi connectivity index (χ4v) is 3.72. The molecule has 1 aliphatic carbocycles. The molecule has 2 aromatic rings. The van der Waals surface area contributed by atoms with Crippen LogP contribution in [-0.4, -0.2) is 40.0 Å². The van der Waals surface area contributed by atoms with Crippen LogP contribution in [-0.2, 0) is 17.6 Å². The monoisotopic (exact) mass is 353 g/mol. The van der Waals surface area contributed by atoms with Crippen LogP contribution in [0, 0.1) is 5.92 Å². The Hall–Kier alpha value is -2.24. The number of pyridine rings is 1. The summed E-state index contributed by atoms with van der Waals surface area (Å²) in [5.41, 5.74) is 4.69. The van der Waals surface area contributed by atoms with Crippen molar-refractivity contribution in [2.45, 2.75) is 58.4 Å². The van der Waals surface area contributed by atoms with Gasteiger partial charge in [-0.05, 0) is 44.6 Å². The molecule has 0 spiro atoms. The minimum Gasteiger partial charge on any atom is -0.369 e. The van der Waals surface area contributed by atoms with Crippen molar-refractivity contribution >= 4 is 22.8 Å². The van der Waals surface area contributed by atoms with Gasteiger partial charge in [-0.25, -0.2) is 15.0 Å². The lowest BCUT2D eigenvalue weighted by atomic mass is 9.96. The van der Waals surface area contributed by atoms with Crippen molar-refractivity contribution in [2.24, 2.45) is 5.92 Å². The Morgan fingerprint density at radius 3 is 2.69 bits per heavy atom. The lowest BCUT2D eigenvalue weighted by molar-refractivity contribution is -0.125. The Labute approximate surface area is 154 Å². The van der Waals surface area contributed by atoms with E-state index in [0.29, 0.717) is 11.7 Å². The van der Waals surface area contributed by atoms with E-state index in [4.69, 9.17) is 4.98 Å². The maximum absolute atomic E-state index is 12.4. The maximum Gasteiger partial charge on any atom is 0.225 e. The van der Waals surface area contributed by atoms with Gasteiger partial charge in [0.15, 0.2) is 5.65 Å². The molecule has 26 heavy (non-hydrogen) atoms. The lowest BCUT2D eigenvalue weighted by Gasteiger charge is -2.33. The second kappa shape index (κ2) is 7.17. The summed E-state index contributed by atoms with van der Waals surface area (Å²) in [7, 11) is 0. The van der Waals surface area contributed by atoms with Crippen LogP contribution >= 0.6 is 0 Å². The molecule has 6 nitrogen and oxygen atoms in total. The molecule has 3 heterocycles. The van der Waals surface area contributed by atoms with Crippen LogP contribution in [0.15, 0.2) is 12.3 Å². The zero-order chi connectivity index (χ0) is 18.1. The van der Waals surface area contributed by atoms with Crippen molar-refractivity contribution in [3.8, 4) is 0 Å². The summed E-state index contributed by atoms with van der Waals surface area (Å²) in [6, 6.07) is 2.51. The third-order valence-corrected chi connectivity index (χ3v) is 5.41. The van der Waals surface area contributed by atoms with Crippen LogP contribution in [0.1, 0.15) is 50.9 Å². The maximum atomic E-state index is 12.4. The molecule has 1 amide bonds. The Kier molecular flexibility index (Phi) is 4.74. The molecule has 0 aromatic carbocycles. The predicted octanol–water partition coefficient (Wildman–Crippen LogP) is 2.64. The van der Waals surface area contributed by atoms with Crippen LogP contribution in [0.5, 0.6) is 0 Å². The second-order valence-corrected chi connectivity index (χ2v) is 7.43. The number of nitrogens with zero attached hydrogens (tertiary/aromatic N) is 4. The molecule has 2 fully saturated rings. The molecule has 1 saturated heterocycles. The fraction of sp³-hybridized carbons (Fsp3) is 0.600. The van der Waals surface area contributed by atoms with Crippen molar-refractivity contribution in [2.75, 3.05) is 18.0 Å². The summed E-state index contributed by atoms with van der Waals surface area (Å²) >= 11 is 0. The second-order valence-electron chi connectivity index (χ2n) is 7.43. The number of rotatable bonds is 5. The third-order valence-electron chi connectivity index (χ3n) is 5.41. The molecule has 1 N–H and O–H groups in total. The van der Waals surface area contributed by atoms with Gasteiger partial charge in [0.1, 0.15) is 5.52 Å². The van der Waals surface area contributed by atoms with Gasteiger partial charge < -0.3 is 10.2 Å². The van der Waals surface area contributed by atoms with Crippen LogP contribution in [0.2, 0.25) is 0 Å². The highest BCUT2D eigenvalue weighted by Gasteiger charge is 2.30. The Morgan fingerprint density at radius 1 is 1.19 bits per heavy atom. The summed E-state index contributed by atoms with van der Waals surface area (Å²) < 4.78 is 0. The number of aryl methyl sites for hydroxylation is 2. The average molecular weight is 353 g/mol. The Morgan fingerprint density at radius 2 is 1.96 bits per heavy atom. The highest BCUT2D eigenvalue weighted by atomic mass is 16.2. The van der Waals surface area contributed by atoms with Crippen molar-refractivity contribution in [1.29, 1.82) is 0 Å². The Bertz CT molecular complexity index is 817. The number of carbonyl (C=O) groups excluding carboxylic acids is 1. The van der Waals surface area contributed by atoms with E-state index in [1.165, 1.54) is 0 Å². The molecular formula is C20H27N5O. The molecule has 1 saturated carbocycles. The number of anilines is 1. The zero-order valence-corrected chi connectivity index (χ0v) is 15.7. The van der Waals surface area contributed by atoms with E-state index in [1.54, 1.807) is 0 Å². The number of aromatic nitrogens is 3. The van der Waals surface area contributed by atoms with Gasteiger partial charge in [-0.15, -0.1) is 0 Å². The van der Waals surface area contributed by atoms with Crippen LogP contribution in [0.25, 0.3) is 11.2 Å². The number of hydrogen-bond acceptors (Lipinski definition) is 5. The molecule has 2 aromatic heterocycles. The first kappa shape index (κ1) is 17.2. The lowest BCUT2D eigenvalue weighted by Crippen LogP contribution is -2.43. The smallest absolute Gasteiger partial charge is 0.225 e. The summed E-state index contributed by atoms with van der Waals surface area (Å²) in [6.07, 6.45) is 7.90. The normalized spacial score (nSPS) is 20.4. The van der Waals surface area contributed by atoms with Crippen molar-refractivity contribution in [3.05, 3.63) is 23.7 Å². The first-order valence-electron chi connectivity index (χ1n) is 9.88. The highest BCUT2D eigenvalue weighted by molar-refractivity contribution is 5.80. The molecule has 4 rings (SSSR count). The van der Waals surface area contributed by atoms with Gasteiger partial charge in [-0.3, -0.25) is 4.79 Å². The minimum absolute atomic E-state index is 0.0693. The molecular weight excluding hydrogens is 326 g/mol. The van der Waals surface area contributed by atoms with E-state index in [1.807, 2.05) is 6.20 Å². The number of fused-ring (bicyclic) bond motifs is 1. The number of amides is 1. The fourth-order valence-electron chi connectivity index (χ4n) is 3.72. The first-order valence-corrected chi connectivity index (χ1v) is 9.88. The molecule has 0 bridgehead atoms. The third kappa shape index (κ3) is 3.50. The topological polar surface area (TPSA) is 71.0 Å². The van der Waals surface area contributed by atoms with Crippen molar-refractivity contribution < 1.29 is 4.79 Å².